The van der Waals surface area contributed by atoms with E-state index >= 15 is 0 Å². The summed E-state index contributed by atoms with van der Waals surface area (Å²) in [5.74, 6) is -0.0440. The predicted molar refractivity (Wildman–Crippen MR) is 129 cm³/mol. The van der Waals surface area contributed by atoms with Gasteiger partial charge >= 0.3 is 0 Å². The van der Waals surface area contributed by atoms with Gasteiger partial charge in [-0.25, -0.2) is 4.98 Å². The fourth-order valence-corrected chi connectivity index (χ4v) is 4.78. The molecule has 5 heteroatoms. The van der Waals surface area contributed by atoms with E-state index in [0.717, 1.165) is 20.3 Å². The smallest absolute Gasteiger partial charge is 0.260 e. The minimum atomic E-state index is -0.0440. The van der Waals surface area contributed by atoms with E-state index in [4.69, 9.17) is 4.98 Å². The van der Waals surface area contributed by atoms with Crippen molar-refractivity contribution in [2.75, 3.05) is 4.90 Å². The van der Waals surface area contributed by atoms with E-state index in [2.05, 4.69) is 36.7 Å². The quantitative estimate of drug-likeness (QED) is 0.310. The van der Waals surface area contributed by atoms with Crippen LogP contribution in [0.1, 0.15) is 42.3 Å². The van der Waals surface area contributed by atoms with E-state index in [1.807, 2.05) is 72.8 Å². The fourth-order valence-electron chi connectivity index (χ4n) is 3.26. The van der Waals surface area contributed by atoms with Crippen molar-refractivity contribution >= 4 is 48.5 Å². The lowest BCUT2D eigenvalue weighted by Crippen LogP contribution is -2.30. The third-order valence-electron chi connectivity index (χ3n) is 5.00. The highest BCUT2D eigenvalue weighted by atomic mass is 79.9. The fraction of sp³-hybridized carbons (Fsp3) is 0.200. The Kier molecular flexibility index (Phi) is 5.76. The van der Waals surface area contributed by atoms with Crippen LogP contribution in [0.3, 0.4) is 0 Å². The third-order valence-corrected chi connectivity index (χ3v) is 6.53. The highest BCUT2D eigenvalue weighted by Crippen LogP contribution is 2.33. The molecule has 1 aromatic heterocycles. The Labute approximate surface area is 189 Å². The molecule has 0 aliphatic carbocycles. The van der Waals surface area contributed by atoms with Crippen LogP contribution in [0.25, 0.3) is 10.2 Å². The molecule has 0 atom stereocenters. The summed E-state index contributed by atoms with van der Waals surface area (Å²) in [4.78, 5) is 20.1. The number of anilines is 1. The maximum Gasteiger partial charge on any atom is 0.260 e. The second-order valence-electron chi connectivity index (χ2n) is 8.31. The van der Waals surface area contributed by atoms with Crippen molar-refractivity contribution < 1.29 is 4.79 Å². The number of carbonyl (C=O) groups excluding carboxylic acids is 1. The van der Waals surface area contributed by atoms with Gasteiger partial charge in [-0.05, 0) is 46.9 Å². The zero-order chi connectivity index (χ0) is 21.3. The van der Waals surface area contributed by atoms with Crippen LogP contribution in [-0.4, -0.2) is 10.9 Å². The van der Waals surface area contributed by atoms with E-state index in [1.54, 1.807) is 4.90 Å². The van der Waals surface area contributed by atoms with E-state index < -0.39 is 0 Å². The molecule has 4 aromatic rings. The van der Waals surface area contributed by atoms with Crippen LogP contribution in [0.4, 0.5) is 5.13 Å². The Morgan fingerprint density at radius 3 is 2.37 bits per heavy atom. The van der Waals surface area contributed by atoms with E-state index in [1.165, 1.54) is 16.9 Å². The molecule has 0 bridgehead atoms. The highest BCUT2D eigenvalue weighted by Gasteiger charge is 2.23. The maximum atomic E-state index is 13.5. The zero-order valence-corrected chi connectivity index (χ0v) is 19.6. The van der Waals surface area contributed by atoms with Crippen molar-refractivity contribution in [3.63, 3.8) is 0 Å². The van der Waals surface area contributed by atoms with Crippen molar-refractivity contribution in [3.8, 4) is 0 Å². The summed E-state index contributed by atoms with van der Waals surface area (Å²) in [6, 6.07) is 24.0. The minimum absolute atomic E-state index is 0.0440. The summed E-state index contributed by atoms with van der Waals surface area (Å²) in [6.07, 6.45) is 0. The van der Waals surface area contributed by atoms with Crippen molar-refractivity contribution in [2.24, 2.45) is 0 Å². The number of aromatic nitrogens is 1. The summed E-state index contributed by atoms with van der Waals surface area (Å²) in [7, 11) is 0. The average molecular weight is 479 g/mol. The first kappa shape index (κ1) is 20.8. The first-order valence-corrected chi connectivity index (χ1v) is 11.4. The van der Waals surface area contributed by atoms with Crippen LogP contribution in [0.5, 0.6) is 0 Å². The number of hydrogen-bond acceptors (Lipinski definition) is 3. The molecule has 1 amide bonds. The summed E-state index contributed by atoms with van der Waals surface area (Å²) in [5, 5.41) is 0.705. The van der Waals surface area contributed by atoms with Crippen molar-refractivity contribution in [1.29, 1.82) is 0 Å². The molecule has 1 heterocycles. The molecular weight excluding hydrogens is 456 g/mol. The summed E-state index contributed by atoms with van der Waals surface area (Å²) in [5.41, 5.74) is 3.88. The summed E-state index contributed by atoms with van der Waals surface area (Å²) < 4.78 is 2.05. The largest absolute Gasteiger partial charge is 0.279 e. The van der Waals surface area contributed by atoms with Crippen LogP contribution in [0, 0.1) is 0 Å². The van der Waals surface area contributed by atoms with E-state index in [0.29, 0.717) is 17.2 Å². The Bertz CT molecular complexity index is 1180. The minimum Gasteiger partial charge on any atom is -0.279 e. The van der Waals surface area contributed by atoms with Gasteiger partial charge in [0.15, 0.2) is 5.13 Å². The molecule has 0 unspecified atom stereocenters. The van der Waals surface area contributed by atoms with Gasteiger partial charge in [0.2, 0.25) is 0 Å². The van der Waals surface area contributed by atoms with Crippen molar-refractivity contribution in [3.05, 3.63) is 94.0 Å². The monoisotopic (exact) mass is 478 g/mol. The Morgan fingerprint density at radius 1 is 1.00 bits per heavy atom. The molecule has 0 fully saturated rings. The van der Waals surface area contributed by atoms with Gasteiger partial charge in [0, 0.05) is 10.0 Å². The van der Waals surface area contributed by atoms with Gasteiger partial charge in [-0.1, -0.05) is 90.5 Å². The Morgan fingerprint density at radius 2 is 1.70 bits per heavy atom. The lowest BCUT2D eigenvalue weighted by atomic mass is 9.86. The van der Waals surface area contributed by atoms with Gasteiger partial charge in [-0.15, -0.1) is 0 Å². The molecule has 30 heavy (non-hydrogen) atoms. The number of thiazole rings is 1. The average Bonchev–Trinajstić information content (AvgIpc) is 3.14. The second kappa shape index (κ2) is 8.32. The SMILES string of the molecule is CC(C)(C)c1ccc(C(=O)N(Cc2ccccc2)c2nc3ccc(Br)cc3s2)cc1. The summed E-state index contributed by atoms with van der Waals surface area (Å²) in [6.45, 7) is 6.99. The van der Waals surface area contributed by atoms with Crippen LogP contribution >= 0.6 is 27.3 Å². The highest BCUT2D eigenvalue weighted by molar-refractivity contribution is 9.10. The zero-order valence-electron chi connectivity index (χ0n) is 17.2. The molecule has 0 aliphatic heterocycles. The number of fused-ring (bicyclic) bond motifs is 1. The molecule has 0 radical (unpaired) electrons. The topological polar surface area (TPSA) is 33.2 Å². The standard InChI is InChI=1S/C25H23BrN2OS/c1-25(2,3)19-11-9-18(10-12-19)23(29)28(16-17-7-5-4-6-8-17)24-27-21-14-13-20(26)15-22(21)30-24/h4-15H,16H2,1-3H3. The molecule has 0 saturated heterocycles. The number of carbonyl (C=O) groups is 1. The van der Waals surface area contributed by atoms with Gasteiger partial charge in [0.05, 0.1) is 16.8 Å². The molecular formula is C25H23BrN2OS. The van der Waals surface area contributed by atoms with Crippen LogP contribution in [0.15, 0.2) is 77.3 Å². The second-order valence-corrected chi connectivity index (χ2v) is 10.2. The number of hydrogen-bond donors (Lipinski definition) is 0. The molecule has 3 aromatic carbocycles. The number of benzene rings is 3. The molecule has 3 nitrogen and oxygen atoms in total. The lowest BCUT2D eigenvalue weighted by Gasteiger charge is -2.22. The van der Waals surface area contributed by atoms with Crippen molar-refractivity contribution in [2.45, 2.75) is 32.7 Å². The Balaban J connectivity index is 1.73. The molecule has 0 N–H and O–H groups in total. The predicted octanol–water partition coefficient (Wildman–Crippen LogP) is 7.20. The first-order valence-electron chi connectivity index (χ1n) is 9.84. The first-order chi connectivity index (χ1) is 14.3. The lowest BCUT2D eigenvalue weighted by molar-refractivity contribution is 0.0985. The van der Waals surface area contributed by atoms with Crippen molar-refractivity contribution in [1.82, 2.24) is 4.98 Å². The van der Waals surface area contributed by atoms with Gasteiger partial charge < -0.3 is 0 Å². The van der Waals surface area contributed by atoms with Crippen LogP contribution in [-0.2, 0) is 12.0 Å². The van der Waals surface area contributed by atoms with Crippen LogP contribution < -0.4 is 4.90 Å². The van der Waals surface area contributed by atoms with Gasteiger partial charge in [-0.3, -0.25) is 9.69 Å². The maximum absolute atomic E-state index is 13.5. The number of rotatable bonds is 4. The van der Waals surface area contributed by atoms with Crippen LogP contribution in [0.2, 0.25) is 0 Å². The normalized spacial score (nSPS) is 11.6. The molecule has 0 aliphatic rings. The Hall–Kier alpha value is -2.50. The van der Waals surface area contributed by atoms with Gasteiger partial charge in [0.25, 0.3) is 5.91 Å². The molecule has 4 rings (SSSR count). The number of nitrogens with zero attached hydrogens (tertiary/aromatic N) is 2. The van der Waals surface area contributed by atoms with Gasteiger partial charge in [0.1, 0.15) is 0 Å². The van der Waals surface area contributed by atoms with E-state index in [9.17, 15) is 4.79 Å². The molecule has 0 spiro atoms. The number of halogens is 1. The molecule has 152 valence electrons. The number of amides is 1. The molecule has 0 saturated carbocycles. The van der Waals surface area contributed by atoms with Gasteiger partial charge in [-0.2, -0.15) is 0 Å². The van der Waals surface area contributed by atoms with E-state index in [-0.39, 0.29) is 11.3 Å². The third kappa shape index (κ3) is 4.47. The summed E-state index contributed by atoms with van der Waals surface area (Å²) >= 11 is 5.05.